The van der Waals surface area contributed by atoms with Crippen LogP contribution in [0.4, 0.5) is 23.3 Å². The smallest absolute Gasteiger partial charge is 0.335 e. The molecule has 0 atom stereocenters. The number of pyridine rings is 1. The minimum atomic E-state index is -0.943. The zero-order valence-corrected chi connectivity index (χ0v) is 16.1. The lowest BCUT2D eigenvalue weighted by molar-refractivity contribution is 0.0697. The van der Waals surface area contributed by atoms with E-state index in [4.69, 9.17) is 5.11 Å². The summed E-state index contributed by atoms with van der Waals surface area (Å²) in [5, 5.41) is 12.3. The first-order chi connectivity index (χ1) is 14.1. The highest BCUT2D eigenvalue weighted by molar-refractivity contribution is 5.88. The number of nitrogens with one attached hydrogen (secondary N) is 1. The van der Waals surface area contributed by atoms with Gasteiger partial charge in [-0.25, -0.2) is 14.8 Å². The van der Waals surface area contributed by atoms with E-state index < -0.39 is 5.97 Å². The highest BCUT2D eigenvalue weighted by Crippen LogP contribution is 2.21. The Morgan fingerprint density at radius 1 is 1.00 bits per heavy atom. The summed E-state index contributed by atoms with van der Waals surface area (Å²) in [5.74, 6) is 1.42. The topological polar surface area (TPSA) is 94.5 Å². The molecule has 8 heteroatoms. The van der Waals surface area contributed by atoms with E-state index in [1.807, 2.05) is 37.4 Å². The van der Waals surface area contributed by atoms with Gasteiger partial charge >= 0.3 is 5.97 Å². The van der Waals surface area contributed by atoms with Crippen molar-refractivity contribution in [1.82, 2.24) is 15.0 Å². The lowest BCUT2D eigenvalue weighted by Crippen LogP contribution is -2.47. The Balaban J connectivity index is 1.45. The predicted octanol–water partition coefficient (Wildman–Crippen LogP) is 2.95. The molecule has 1 aromatic carbocycles. The Kier molecular flexibility index (Phi) is 5.24. The summed E-state index contributed by atoms with van der Waals surface area (Å²) in [6.45, 7) is 5.27. The molecule has 1 aliphatic rings. The van der Waals surface area contributed by atoms with Crippen LogP contribution in [0.3, 0.4) is 0 Å². The van der Waals surface area contributed by atoms with Gasteiger partial charge in [0.2, 0.25) is 5.95 Å². The Morgan fingerprint density at radius 3 is 2.38 bits per heavy atom. The van der Waals surface area contributed by atoms with E-state index in [1.165, 1.54) is 0 Å². The molecule has 3 heterocycles. The molecule has 0 bridgehead atoms. The highest BCUT2D eigenvalue weighted by atomic mass is 16.4. The van der Waals surface area contributed by atoms with E-state index >= 15 is 0 Å². The largest absolute Gasteiger partial charge is 0.478 e. The fraction of sp³-hybridized carbons (Fsp3) is 0.238. The van der Waals surface area contributed by atoms with Gasteiger partial charge in [-0.15, -0.1) is 0 Å². The van der Waals surface area contributed by atoms with Crippen LogP contribution in [0.2, 0.25) is 0 Å². The summed E-state index contributed by atoms with van der Waals surface area (Å²) in [4.78, 5) is 29.1. The first-order valence-corrected chi connectivity index (χ1v) is 9.45. The van der Waals surface area contributed by atoms with Gasteiger partial charge in [0, 0.05) is 49.8 Å². The molecular weight excluding hydrogens is 368 g/mol. The lowest BCUT2D eigenvalue weighted by Gasteiger charge is -2.35. The van der Waals surface area contributed by atoms with Crippen molar-refractivity contribution in [3.05, 3.63) is 66.0 Å². The van der Waals surface area contributed by atoms with E-state index in [9.17, 15) is 4.79 Å². The molecular formula is C21H22N6O2. The van der Waals surface area contributed by atoms with Crippen LogP contribution in [0, 0.1) is 6.92 Å². The predicted molar refractivity (Wildman–Crippen MR) is 112 cm³/mol. The van der Waals surface area contributed by atoms with Crippen LogP contribution >= 0.6 is 0 Å². The average molecular weight is 390 g/mol. The second kappa shape index (κ2) is 8.14. The van der Waals surface area contributed by atoms with Crippen molar-refractivity contribution in [3.8, 4) is 0 Å². The SMILES string of the molecule is Cc1cc(Nc2ccc(C(=O)O)cc2)nc(N2CCN(c3ccccn3)CC2)n1. The Morgan fingerprint density at radius 2 is 1.72 bits per heavy atom. The van der Waals surface area contributed by atoms with E-state index in [0.717, 1.165) is 43.4 Å². The summed E-state index contributed by atoms with van der Waals surface area (Å²) < 4.78 is 0. The van der Waals surface area contributed by atoms with Crippen molar-refractivity contribution in [2.75, 3.05) is 41.3 Å². The van der Waals surface area contributed by atoms with Gasteiger partial charge in [0.25, 0.3) is 0 Å². The number of nitrogens with zero attached hydrogens (tertiary/aromatic N) is 5. The number of carbonyl (C=O) groups is 1. The first-order valence-electron chi connectivity index (χ1n) is 9.45. The molecule has 0 radical (unpaired) electrons. The number of piperazine rings is 1. The van der Waals surface area contributed by atoms with Crippen LogP contribution in [0.15, 0.2) is 54.7 Å². The summed E-state index contributed by atoms with van der Waals surface area (Å²) in [6.07, 6.45) is 1.81. The molecule has 0 unspecified atom stereocenters. The number of aromatic nitrogens is 3. The molecule has 2 aromatic heterocycles. The van der Waals surface area contributed by atoms with Crippen LogP contribution in [0.5, 0.6) is 0 Å². The number of anilines is 4. The van der Waals surface area contributed by atoms with Crippen molar-refractivity contribution >= 4 is 29.2 Å². The number of carboxylic acid groups (broad SMARTS) is 1. The third kappa shape index (κ3) is 4.43. The number of benzene rings is 1. The number of rotatable bonds is 5. The van der Waals surface area contributed by atoms with Gasteiger partial charge in [-0.3, -0.25) is 0 Å². The van der Waals surface area contributed by atoms with E-state index in [2.05, 4.69) is 30.1 Å². The fourth-order valence-electron chi connectivity index (χ4n) is 3.28. The van der Waals surface area contributed by atoms with Crippen LogP contribution < -0.4 is 15.1 Å². The van der Waals surface area contributed by atoms with Crippen LogP contribution in [0.25, 0.3) is 0 Å². The van der Waals surface area contributed by atoms with Gasteiger partial charge in [0.05, 0.1) is 5.56 Å². The second-order valence-corrected chi connectivity index (χ2v) is 6.86. The van der Waals surface area contributed by atoms with Crippen LogP contribution in [-0.4, -0.2) is 52.2 Å². The maximum atomic E-state index is 11.0. The molecule has 4 rings (SSSR count). The number of aromatic carboxylic acids is 1. The van der Waals surface area contributed by atoms with Gasteiger partial charge in [0.15, 0.2) is 0 Å². The molecule has 2 N–H and O–H groups in total. The maximum Gasteiger partial charge on any atom is 0.335 e. The number of hydrogen-bond acceptors (Lipinski definition) is 7. The van der Waals surface area contributed by atoms with Crippen molar-refractivity contribution < 1.29 is 9.90 Å². The Labute approximate surface area is 168 Å². The number of hydrogen-bond donors (Lipinski definition) is 2. The summed E-state index contributed by atoms with van der Waals surface area (Å²) in [7, 11) is 0. The molecule has 29 heavy (non-hydrogen) atoms. The van der Waals surface area contributed by atoms with Crippen LogP contribution in [-0.2, 0) is 0 Å². The third-order valence-corrected chi connectivity index (χ3v) is 4.78. The second-order valence-electron chi connectivity index (χ2n) is 6.86. The molecule has 3 aromatic rings. The van der Waals surface area contributed by atoms with Gasteiger partial charge in [0.1, 0.15) is 11.6 Å². The molecule has 0 saturated carbocycles. The standard InChI is InChI=1S/C21H22N6O2/c1-15-14-18(24-17-7-5-16(6-8-17)20(28)29)25-21(23-15)27-12-10-26(11-13-27)19-4-2-3-9-22-19/h2-9,14H,10-13H2,1H3,(H,28,29)(H,23,24,25). The van der Waals surface area contributed by atoms with Gasteiger partial charge in [-0.1, -0.05) is 6.07 Å². The summed E-state index contributed by atoms with van der Waals surface area (Å²) >= 11 is 0. The molecule has 1 aliphatic heterocycles. The van der Waals surface area contributed by atoms with Crippen molar-refractivity contribution in [3.63, 3.8) is 0 Å². The zero-order valence-electron chi connectivity index (χ0n) is 16.1. The van der Waals surface area contributed by atoms with E-state index in [1.54, 1.807) is 24.3 Å². The minimum Gasteiger partial charge on any atom is -0.478 e. The van der Waals surface area contributed by atoms with Gasteiger partial charge < -0.3 is 20.2 Å². The Bertz CT molecular complexity index is 986. The molecule has 148 valence electrons. The zero-order chi connectivity index (χ0) is 20.2. The van der Waals surface area contributed by atoms with E-state index in [0.29, 0.717) is 11.8 Å². The maximum absolute atomic E-state index is 11.0. The summed E-state index contributed by atoms with van der Waals surface area (Å²) in [6, 6.07) is 14.4. The quantitative estimate of drug-likeness (QED) is 0.687. The first kappa shape index (κ1) is 18.7. The van der Waals surface area contributed by atoms with Crippen LogP contribution in [0.1, 0.15) is 16.1 Å². The monoisotopic (exact) mass is 390 g/mol. The van der Waals surface area contributed by atoms with Gasteiger partial charge in [-0.05, 0) is 43.3 Å². The molecule has 1 saturated heterocycles. The highest BCUT2D eigenvalue weighted by Gasteiger charge is 2.20. The van der Waals surface area contributed by atoms with Crippen molar-refractivity contribution in [2.24, 2.45) is 0 Å². The molecule has 8 nitrogen and oxygen atoms in total. The molecule has 1 fully saturated rings. The fourth-order valence-corrected chi connectivity index (χ4v) is 3.28. The number of carboxylic acids is 1. The van der Waals surface area contributed by atoms with Gasteiger partial charge in [-0.2, -0.15) is 4.98 Å². The average Bonchev–Trinajstić information content (AvgIpc) is 2.74. The number of aryl methyl sites for hydroxylation is 1. The van der Waals surface area contributed by atoms with Crippen molar-refractivity contribution in [2.45, 2.75) is 6.92 Å². The molecule has 0 amide bonds. The van der Waals surface area contributed by atoms with Crippen molar-refractivity contribution in [1.29, 1.82) is 0 Å². The van der Waals surface area contributed by atoms with E-state index in [-0.39, 0.29) is 5.56 Å². The lowest BCUT2D eigenvalue weighted by atomic mass is 10.2. The Hall–Kier alpha value is -3.68. The molecule has 0 spiro atoms. The summed E-state index contributed by atoms with van der Waals surface area (Å²) in [5.41, 5.74) is 1.90. The minimum absolute atomic E-state index is 0.251. The third-order valence-electron chi connectivity index (χ3n) is 4.78. The normalized spacial score (nSPS) is 14.0. The molecule has 0 aliphatic carbocycles.